The Bertz CT molecular complexity index is 949. The normalized spacial score (nSPS) is 10.8. The molecular formula is C17H16N4O2S. The highest BCUT2D eigenvalue weighted by atomic mass is 32.1. The van der Waals surface area contributed by atoms with Gasteiger partial charge < -0.3 is 5.73 Å². The van der Waals surface area contributed by atoms with Crippen molar-refractivity contribution in [2.45, 2.75) is 20.3 Å². The van der Waals surface area contributed by atoms with Gasteiger partial charge in [0.25, 0.3) is 11.8 Å². The highest BCUT2D eigenvalue weighted by molar-refractivity contribution is 7.17. The van der Waals surface area contributed by atoms with Gasteiger partial charge in [0.2, 0.25) is 0 Å². The molecule has 0 unspecified atom stereocenters. The molecule has 3 rings (SSSR count). The number of anilines is 1. The average molecular weight is 340 g/mol. The van der Waals surface area contributed by atoms with Gasteiger partial charge >= 0.3 is 0 Å². The minimum Gasteiger partial charge on any atom is -0.365 e. The summed E-state index contributed by atoms with van der Waals surface area (Å²) in [6, 6.07) is 7.53. The molecule has 3 aromatic rings. The van der Waals surface area contributed by atoms with Gasteiger partial charge in [-0.3, -0.25) is 19.9 Å². The largest absolute Gasteiger partial charge is 0.365 e. The van der Waals surface area contributed by atoms with Crippen molar-refractivity contribution in [2.75, 3.05) is 5.32 Å². The zero-order valence-corrected chi connectivity index (χ0v) is 14.1. The molecule has 0 aliphatic heterocycles. The summed E-state index contributed by atoms with van der Waals surface area (Å²) in [5.74, 6) is -0.835. The monoisotopic (exact) mass is 340 g/mol. The number of carbonyl (C=O) groups excluding carboxylic acids is 2. The minimum atomic E-state index is -0.563. The van der Waals surface area contributed by atoms with Crippen molar-refractivity contribution in [3.63, 3.8) is 0 Å². The maximum Gasteiger partial charge on any atom is 0.260 e. The van der Waals surface area contributed by atoms with Crippen molar-refractivity contribution in [1.29, 1.82) is 0 Å². The lowest BCUT2D eigenvalue weighted by molar-refractivity contribution is 0.100. The van der Waals surface area contributed by atoms with Crippen LogP contribution in [0.15, 0.2) is 30.5 Å². The van der Waals surface area contributed by atoms with Crippen LogP contribution >= 0.6 is 11.3 Å². The fourth-order valence-electron chi connectivity index (χ4n) is 2.60. The van der Waals surface area contributed by atoms with Crippen LogP contribution in [0.5, 0.6) is 0 Å². The van der Waals surface area contributed by atoms with Gasteiger partial charge in [-0.05, 0) is 25.0 Å². The van der Waals surface area contributed by atoms with Gasteiger partial charge in [-0.15, -0.1) is 0 Å². The molecule has 2 amide bonds. The first-order valence-corrected chi connectivity index (χ1v) is 8.28. The van der Waals surface area contributed by atoms with Gasteiger partial charge in [-0.1, -0.05) is 36.5 Å². The molecule has 0 saturated carbocycles. The van der Waals surface area contributed by atoms with E-state index in [0.29, 0.717) is 15.6 Å². The molecule has 0 radical (unpaired) electrons. The zero-order valence-electron chi connectivity index (χ0n) is 13.3. The lowest BCUT2D eigenvalue weighted by atomic mass is 9.99. The number of benzene rings is 1. The Balaban J connectivity index is 2.05. The molecule has 7 heteroatoms. The van der Waals surface area contributed by atoms with Crippen LogP contribution in [0.2, 0.25) is 0 Å². The number of rotatable bonds is 4. The van der Waals surface area contributed by atoms with Crippen LogP contribution in [0.1, 0.15) is 38.2 Å². The van der Waals surface area contributed by atoms with Crippen LogP contribution in [0.4, 0.5) is 5.13 Å². The molecule has 2 heterocycles. The first-order chi connectivity index (χ1) is 11.5. The molecule has 0 bridgehead atoms. The third-order valence-electron chi connectivity index (χ3n) is 3.77. The maximum absolute atomic E-state index is 12.8. The van der Waals surface area contributed by atoms with Crippen molar-refractivity contribution < 1.29 is 9.59 Å². The quantitative estimate of drug-likeness (QED) is 0.763. The van der Waals surface area contributed by atoms with E-state index >= 15 is 0 Å². The highest BCUT2D eigenvalue weighted by Crippen LogP contribution is 2.25. The van der Waals surface area contributed by atoms with E-state index < -0.39 is 5.91 Å². The molecule has 0 aliphatic carbocycles. The molecule has 0 fully saturated rings. The van der Waals surface area contributed by atoms with Crippen LogP contribution in [0, 0.1) is 6.92 Å². The number of para-hydroxylation sites is 1. The van der Waals surface area contributed by atoms with E-state index in [4.69, 9.17) is 5.73 Å². The number of carbonyl (C=O) groups is 2. The Morgan fingerprint density at radius 1 is 1.29 bits per heavy atom. The van der Waals surface area contributed by atoms with Crippen molar-refractivity contribution in [2.24, 2.45) is 5.73 Å². The van der Waals surface area contributed by atoms with E-state index in [1.165, 1.54) is 6.20 Å². The summed E-state index contributed by atoms with van der Waals surface area (Å²) < 4.78 is 0. The second kappa shape index (κ2) is 6.37. The SMILES string of the molecule is CCc1nc2ccccc2c(C(=O)Nc2ncc(C(N)=O)s2)c1C. The maximum atomic E-state index is 12.8. The summed E-state index contributed by atoms with van der Waals surface area (Å²) in [4.78, 5) is 32.9. The molecule has 0 atom stereocenters. The van der Waals surface area contributed by atoms with Crippen LogP contribution in [0.3, 0.4) is 0 Å². The summed E-state index contributed by atoms with van der Waals surface area (Å²) in [5.41, 5.74) is 8.31. The average Bonchev–Trinajstić information content (AvgIpc) is 3.02. The number of fused-ring (bicyclic) bond motifs is 1. The van der Waals surface area contributed by atoms with Gasteiger partial charge in [-0.25, -0.2) is 4.98 Å². The smallest absolute Gasteiger partial charge is 0.260 e. The Hall–Kier alpha value is -2.80. The minimum absolute atomic E-state index is 0.272. The second-order valence-corrected chi connectivity index (χ2v) is 6.31. The topological polar surface area (TPSA) is 98.0 Å². The number of aromatic nitrogens is 2. The number of nitrogens with two attached hydrogens (primary N) is 1. The van der Waals surface area contributed by atoms with Crippen LogP contribution < -0.4 is 11.1 Å². The fourth-order valence-corrected chi connectivity index (χ4v) is 3.26. The molecule has 122 valence electrons. The van der Waals surface area contributed by atoms with Gasteiger partial charge in [0.05, 0.1) is 17.3 Å². The number of thiazole rings is 1. The van der Waals surface area contributed by atoms with Crippen LogP contribution in [-0.4, -0.2) is 21.8 Å². The molecule has 2 aromatic heterocycles. The predicted octanol–water partition coefficient (Wildman–Crippen LogP) is 2.91. The Kier molecular flexibility index (Phi) is 4.26. The van der Waals surface area contributed by atoms with E-state index in [1.54, 1.807) is 0 Å². The van der Waals surface area contributed by atoms with Crippen LogP contribution in [0.25, 0.3) is 10.9 Å². The Morgan fingerprint density at radius 2 is 2.04 bits per heavy atom. The Labute approximate surface area is 142 Å². The number of hydrogen-bond donors (Lipinski definition) is 2. The van der Waals surface area contributed by atoms with Crippen molar-refractivity contribution >= 4 is 39.2 Å². The standard InChI is InChI=1S/C17H16N4O2S/c1-3-11-9(2)14(10-6-4-5-7-12(10)20-11)16(23)21-17-19-8-13(24-17)15(18)22/h4-8H,3H2,1-2H3,(H2,18,22)(H,19,21,23). The molecular weight excluding hydrogens is 324 g/mol. The van der Waals surface area contributed by atoms with E-state index in [1.807, 2.05) is 38.1 Å². The number of nitrogens with zero attached hydrogens (tertiary/aromatic N) is 2. The molecule has 0 saturated heterocycles. The molecule has 0 aliphatic rings. The van der Waals surface area contributed by atoms with Gasteiger partial charge in [0.15, 0.2) is 5.13 Å². The first kappa shape index (κ1) is 16.1. The summed E-state index contributed by atoms with van der Waals surface area (Å²) in [6.45, 7) is 3.90. The van der Waals surface area contributed by atoms with Crippen molar-refractivity contribution in [1.82, 2.24) is 9.97 Å². The number of pyridine rings is 1. The van der Waals surface area contributed by atoms with Crippen molar-refractivity contribution in [3.8, 4) is 0 Å². The van der Waals surface area contributed by atoms with E-state index in [-0.39, 0.29) is 5.91 Å². The molecule has 0 spiro atoms. The molecule has 3 N–H and O–H groups in total. The molecule has 6 nitrogen and oxygen atoms in total. The van der Waals surface area contributed by atoms with E-state index in [0.717, 1.165) is 39.9 Å². The molecule has 24 heavy (non-hydrogen) atoms. The lowest BCUT2D eigenvalue weighted by Gasteiger charge is -2.12. The number of nitrogens with one attached hydrogen (secondary N) is 1. The lowest BCUT2D eigenvalue weighted by Crippen LogP contribution is -2.15. The first-order valence-electron chi connectivity index (χ1n) is 7.46. The Morgan fingerprint density at radius 3 is 2.71 bits per heavy atom. The summed E-state index contributed by atoms with van der Waals surface area (Å²) in [5, 5.41) is 3.88. The van der Waals surface area contributed by atoms with Gasteiger partial charge in [-0.2, -0.15) is 0 Å². The summed E-state index contributed by atoms with van der Waals surface area (Å²) in [7, 11) is 0. The second-order valence-electron chi connectivity index (χ2n) is 5.28. The van der Waals surface area contributed by atoms with Crippen LogP contribution in [-0.2, 0) is 6.42 Å². The summed E-state index contributed by atoms with van der Waals surface area (Å²) >= 11 is 1.05. The number of amides is 2. The third kappa shape index (κ3) is 2.85. The third-order valence-corrected chi connectivity index (χ3v) is 4.69. The van der Waals surface area contributed by atoms with Gasteiger partial charge in [0, 0.05) is 11.1 Å². The predicted molar refractivity (Wildman–Crippen MR) is 94.4 cm³/mol. The number of hydrogen-bond acceptors (Lipinski definition) is 5. The molecule has 1 aromatic carbocycles. The van der Waals surface area contributed by atoms with Gasteiger partial charge in [0.1, 0.15) is 4.88 Å². The summed E-state index contributed by atoms with van der Waals surface area (Å²) in [6.07, 6.45) is 2.09. The number of aryl methyl sites for hydroxylation is 1. The van der Waals surface area contributed by atoms with E-state index in [2.05, 4.69) is 15.3 Å². The number of primary amides is 1. The van der Waals surface area contributed by atoms with Crippen molar-refractivity contribution in [3.05, 3.63) is 52.2 Å². The fraction of sp³-hybridized carbons (Fsp3) is 0.176. The zero-order chi connectivity index (χ0) is 17.3. The van der Waals surface area contributed by atoms with E-state index in [9.17, 15) is 9.59 Å². The highest BCUT2D eigenvalue weighted by Gasteiger charge is 2.18.